The van der Waals surface area contributed by atoms with E-state index < -0.39 is 0 Å². The standard InChI is InChI=1S/C23H32N4O2/c1-16-9-8-10-17(2)23(16)29-15-22(28)27-12-7-5-6-11-20(14-27)26-21-13-18(3)24-19(4)25-21/h8-10,13,20H,5-7,11-12,14-15H2,1-4H3,(H,24,25,26). The largest absolute Gasteiger partial charge is 0.483 e. The summed E-state index contributed by atoms with van der Waals surface area (Å²) in [7, 11) is 0. The van der Waals surface area contributed by atoms with Gasteiger partial charge in [-0.25, -0.2) is 9.97 Å². The number of rotatable bonds is 5. The molecule has 6 nitrogen and oxygen atoms in total. The molecule has 29 heavy (non-hydrogen) atoms. The monoisotopic (exact) mass is 396 g/mol. The fourth-order valence-electron chi connectivity index (χ4n) is 3.92. The van der Waals surface area contributed by atoms with Gasteiger partial charge in [-0.1, -0.05) is 31.0 Å². The van der Waals surface area contributed by atoms with Crippen LogP contribution in [0.2, 0.25) is 0 Å². The predicted molar refractivity (Wildman–Crippen MR) is 115 cm³/mol. The molecule has 1 saturated heterocycles. The average Bonchev–Trinajstić information content (AvgIpc) is 2.62. The second-order valence-corrected chi connectivity index (χ2v) is 7.98. The van der Waals surface area contributed by atoms with Crippen LogP contribution in [0.15, 0.2) is 24.3 Å². The summed E-state index contributed by atoms with van der Waals surface area (Å²) in [4.78, 5) is 23.7. The summed E-state index contributed by atoms with van der Waals surface area (Å²) >= 11 is 0. The Labute approximate surface area is 173 Å². The summed E-state index contributed by atoms with van der Waals surface area (Å²) in [6.07, 6.45) is 4.33. The molecule has 3 rings (SSSR count). The number of amides is 1. The summed E-state index contributed by atoms with van der Waals surface area (Å²) in [5, 5.41) is 3.52. The van der Waals surface area contributed by atoms with Crippen molar-refractivity contribution in [1.29, 1.82) is 0 Å². The Morgan fingerprint density at radius 2 is 1.90 bits per heavy atom. The quantitative estimate of drug-likeness (QED) is 0.828. The third kappa shape index (κ3) is 5.92. The fraction of sp³-hybridized carbons (Fsp3) is 0.522. The molecule has 1 N–H and O–H groups in total. The molecule has 0 bridgehead atoms. The molecule has 0 saturated carbocycles. The van der Waals surface area contributed by atoms with Crippen LogP contribution in [-0.2, 0) is 4.79 Å². The van der Waals surface area contributed by atoms with E-state index in [2.05, 4.69) is 15.3 Å². The van der Waals surface area contributed by atoms with E-state index in [0.717, 1.165) is 66.4 Å². The molecule has 0 aliphatic carbocycles. The number of aromatic nitrogens is 2. The number of benzene rings is 1. The van der Waals surface area contributed by atoms with Crippen molar-refractivity contribution in [3.05, 3.63) is 46.9 Å². The molecular weight excluding hydrogens is 364 g/mol. The van der Waals surface area contributed by atoms with Crippen molar-refractivity contribution in [2.24, 2.45) is 0 Å². The van der Waals surface area contributed by atoms with Crippen molar-refractivity contribution in [2.75, 3.05) is 25.0 Å². The Morgan fingerprint density at radius 3 is 2.62 bits per heavy atom. The van der Waals surface area contributed by atoms with E-state index in [9.17, 15) is 4.79 Å². The van der Waals surface area contributed by atoms with Crippen LogP contribution < -0.4 is 10.1 Å². The Kier molecular flexibility index (Phi) is 7.07. The zero-order chi connectivity index (χ0) is 20.8. The van der Waals surface area contributed by atoms with E-state index in [1.807, 2.05) is 56.9 Å². The number of para-hydroxylation sites is 1. The van der Waals surface area contributed by atoms with Crippen LogP contribution in [0.3, 0.4) is 0 Å². The summed E-state index contributed by atoms with van der Waals surface area (Å²) in [5.74, 6) is 2.44. The van der Waals surface area contributed by atoms with Gasteiger partial charge in [0.25, 0.3) is 5.91 Å². The Balaban J connectivity index is 1.64. The van der Waals surface area contributed by atoms with Crippen molar-refractivity contribution < 1.29 is 9.53 Å². The van der Waals surface area contributed by atoms with Crippen LogP contribution in [0.5, 0.6) is 5.75 Å². The predicted octanol–water partition coefficient (Wildman–Crippen LogP) is 3.97. The normalized spacial score (nSPS) is 17.4. The number of likely N-dealkylation sites (tertiary alicyclic amines) is 1. The van der Waals surface area contributed by atoms with Crippen LogP contribution >= 0.6 is 0 Å². The van der Waals surface area contributed by atoms with E-state index in [1.165, 1.54) is 0 Å². The first-order chi connectivity index (χ1) is 13.9. The smallest absolute Gasteiger partial charge is 0.260 e. The van der Waals surface area contributed by atoms with Crippen LogP contribution in [0.4, 0.5) is 5.82 Å². The number of carbonyl (C=O) groups is 1. The van der Waals surface area contributed by atoms with Crippen molar-refractivity contribution in [2.45, 2.75) is 59.4 Å². The SMILES string of the molecule is Cc1cc(NC2CCCCCN(C(=O)COc3c(C)cccc3C)C2)nc(C)n1. The Morgan fingerprint density at radius 1 is 1.14 bits per heavy atom. The summed E-state index contributed by atoms with van der Waals surface area (Å²) in [6.45, 7) is 9.40. The van der Waals surface area contributed by atoms with Gasteiger partial charge in [-0.2, -0.15) is 0 Å². The number of aryl methyl sites for hydroxylation is 4. The lowest BCUT2D eigenvalue weighted by atomic mass is 10.0. The molecule has 1 aromatic carbocycles. The van der Waals surface area contributed by atoms with Crippen LogP contribution in [0.25, 0.3) is 0 Å². The molecule has 1 fully saturated rings. The first kappa shape index (κ1) is 21.1. The summed E-state index contributed by atoms with van der Waals surface area (Å²) in [6, 6.07) is 8.16. The topological polar surface area (TPSA) is 67.4 Å². The molecule has 1 aromatic heterocycles. The Bertz CT molecular complexity index is 812. The van der Waals surface area contributed by atoms with E-state index in [4.69, 9.17) is 4.74 Å². The van der Waals surface area contributed by atoms with Crippen molar-refractivity contribution in [3.63, 3.8) is 0 Å². The van der Waals surface area contributed by atoms with Gasteiger partial charge in [0.2, 0.25) is 0 Å². The maximum Gasteiger partial charge on any atom is 0.260 e. The maximum absolute atomic E-state index is 12.9. The number of hydrogen-bond acceptors (Lipinski definition) is 5. The molecule has 0 radical (unpaired) electrons. The first-order valence-corrected chi connectivity index (χ1v) is 10.5. The molecule has 1 aliphatic heterocycles. The molecule has 2 aromatic rings. The number of hydrogen-bond donors (Lipinski definition) is 1. The molecule has 156 valence electrons. The second kappa shape index (κ2) is 9.72. The minimum absolute atomic E-state index is 0.0383. The highest BCUT2D eigenvalue weighted by molar-refractivity contribution is 5.78. The maximum atomic E-state index is 12.9. The van der Waals surface area contributed by atoms with Gasteiger partial charge < -0.3 is 15.0 Å². The number of carbonyl (C=O) groups excluding carboxylic acids is 1. The number of ether oxygens (including phenoxy) is 1. The van der Waals surface area contributed by atoms with Crippen LogP contribution in [0.1, 0.15) is 48.3 Å². The Hall–Kier alpha value is -2.63. The van der Waals surface area contributed by atoms with E-state index in [-0.39, 0.29) is 18.6 Å². The van der Waals surface area contributed by atoms with E-state index in [0.29, 0.717) is 6.54 Å². The number of nitrogens with zero attached hydrogens (tertiary/aromatic N) is 3. The molecule has 1 unspecified atom stereocenters. The van der Waals surface area contributed by atoms with Gasteiger partial charge in [0, 0.05) is 30.9 Å². The molecule has 2 heterocycles. The van der Waals surface area contributed by atoms with Gasteiger partial charge in [-0.05, 0) is 51.7 Å². The first-order valence-electron chi connectivity index (χ1n) is 10.5. The molecule has 1 atom stereocenters. The molecule has 6 heteroatoms. The lowest BCUT2D eigenvalue weighted by Gasteiger charge is -2.31. The van der Waals surface area contributed by atoms with Crippen molar-refractivity contribution >= 4 is 11.7 Å². The number of anilines is 1. The summed E-state index contributed by atoms with van der Waals surface area (Å²) in [5.41, 5.74) is 3.06. The number of nitrogens with one attached hydrogen (secondary N) is 1. The molecular formula is C23H32N4O2. The van der Waals surface area contributed by atoms with Gasteiger partial charge in [0.1, 0.15) is 17.4 Å². The van der Waals surface area contributed by atoms with Gasteiger partial charge in [0.15, 0.2) is 6.61 Å². The third-order valence-corrected chi connectivity index (χ3v) is 5.34. The lowest BCUT2D eigenvalue weighted by molar-refractivity contribution is -0.133. The van der Waals surface area contributed by atoms with Gasteiger partial charge >= 0.3 is 0 Å². The zero-order valence-corrected chi connectivity index (χ0v) is 18.0. The highest BCUT2D eigenvalue weighted by Crippen LogP contribution is 2.22. The van der Waals surface area contributed by atoms with Crippen LogP contribution in [-0.4, -0.2) is 46.5 Å². The second-order valence-electron chi connectivity index (χ2n) is 7.98. The minimum Gasteiger partial charge on any atom is -0.483 e. The molecule has 1 amide bonds. The minimum atomic E-state index is 0.0383. The third-order valence-electron chi connectivity index (χ3n) is 5.34. The van der Waals surface area contributed by atoms with E-state index >= 15 is 0 Å². The lowest BCUT2D eigenvalue weighted by Crippen LogP contribution is -2.44. The molecule has 0 spiro atoms. The average molecular weight is 397 g/mol. The zero-order valence-electron chi connectivity index (χ0n) is 18.0. The summed E-state index contributed by atoms with van der Waals surface area (Å²) < 4.78 is 5.91. The molecule has 1 aliphatic rings. The van der Waals surface area contributed by atoms with Crippen molar-refractivity contribution in [1.82, 2.24) is 14.9 Å². The van der Waals surface area contributed by atoms with Gasteiger partial charge in [-0.3, -0.25) is 4.79 Å². The fourth-order valence-corrected chi connectivity index (χ4v) is 3.92. The van der Waals surface area contributed by atoms with Crippen LogP contribution in [0, 0.1) is 27.7 Å². The van der Waals surface area contributed by atoms with E-state index in [1.54, 1.807) is 0 Å². The van der Waals surface area contributed by atoms with Gasteiger partial charge in [-0.15, -0.1) is 0 Å². The van der Waals surface area contributed by atoms with Crippen molar-refractivity contribution in [3.8, 4) is 5.75 Å². The van der Waals surface area contributed by atoms with Gasteiger partial charge in [0.05, 0.1) is 0 Å². The highest BCUT2D eigenvalue weighted by Gasteiger charge is 2.22. The highest BCUT2D eigenvalue weighted by atomic mass is 16.5.